The fourth-order valence-corrected chi connectivity index (χ4v) is 2.84. The van der Waals surface area contributed by atoms with Gasteiger partial charge in [-0.1, -0.05) is 49.8 Å². The molecule has 104 valence electrons. The summed E-state index contributed by atoms with van der Waals surface area (Å²) in [4.78, 5) is 10.7. The predicted octanol–water partition coefficient (Wildman–Crippen LogP) is 4.77. The van der Waals surface area contributed by atoms with Gasteiger partial charge in [0.15, 0.2) is 0 Å². The molecule has 0 aliphatic heterocycles. The van der Waals surface area contributed by atoms with E-state index in [1.165, 1.54) is 38.2 Å². The number of halogens is 1. The number of hydrogen-bond donors (Lipinski definition) is 1. The number of nitrogens with zero attached hydrogens (tertiary/aromatic N) is 1. The second-order valence-corrected chi connectivity index (χ2v) is 5.48. The van der Waals surface area contributed by atoms with Crippen LogP contribution < -0.4 is 5.32 Å². The number of rotatable bonds is 3. The molecule has 19 heavy (non-hydrogen) atoms. The lowest BCUT2D eigenvalue weighted by atomic mass is 9.96. The smallest absolute Gasteiger partial charge is 0.293 e. The van der Waals surface area contributed by atoms with E-state index >= 15 is 0 Å². The summed E-state index contributed by atoms with van der Waals surface area (Å²) in [6, 6.07) is 5.10. The summed E-state index contributed by atoms with van der Waals surface area (Å²) in [5, 5.41) is 14.8. The third kappa shape index (κ3) is 3.83. The molecule has 0 radical (unpaired) electrons. The van der Waals surface area contributed by atoms with Crippen LogP contribution in [0, 0.1) is 10.1 Å². The third-order valence-corrected chi connectivity index (χ3v) is 3.96. The number of anilines is 1. The lowest BCUT2D eigenvalue weighted by Crippen LogP contribution is -2.21. The highest BCUT2D eigenvalue weighted by Crippen LogP contribution is 2.33. The van der Waals surface area contributed by atoms with Gasteiger partial charge in [-0.3, -0.25) is 10.1 Å². The van der Waals surface area contributed by atoms with Gasteiger partial charge in [0.1, 0.15) is 5.69 Å². The maximum absolute atomic E-state index is 11.0. The van der Waals surface area contributed by atoms with E-state index in [-0.39, 0.29) is 10.6 Å². The molecule has 0 aromatic heterocycles. The van der Waals surface area contributed by atoms with E-state index in [2.05, 4.69) is 5.32 Å². The minimum absolute atomic E-state index is 0.0644. The van der Waals surface area contributed by atoms with Crippen LogP contribution in [0.2, 0.25) is 5.02 Å². The van der Waals surface area contributed by atoms with E-state index < -0.39 is 0 Å². The number of nitro benzene ring substituents is 1. The quantitative estimate of drug-likeness (QED) is 0.641. The zero-order valence-electron chi connectivity index (χ0n) is 10.9. The van der Waals surface area contributed by atoms with E-state index in [4.69, 9.17) is 11.6 Å². The molecule has 0 unspecified atom stereocenters. The summed E-state index contributed by atoms with van der Waals surface area (Å²) in [5.74, 6) is 0. The number of hydrogen-bond acceptors (Lipinski definition) is 3. The summed E-state index contributed by atoms with van der Waals surface area (Å²) in [6.45, 7) is 0. The van der Waals surface area contributed by atoms with Gasteiger partial charge in [-0.2, -0.15) is 0 Å². The van der Waals surface area contributed by atoms with Crippen molar-refractivity contribution in [2.24, 2.45) is 0 Å². The van der Waals surface area contributed by atoms with Crippen molar-refractivity contribution in [1.82, 2.24) is 0 Å². The van der Waals surface area contributed by atoms with Crippen LogP contribution in [-0.2, 0) is 0 Å². The van der Waals surface area contributed by atoms with Crippen molar-refractivity contribution in [3.05, 3.63) is 33.3 Å². The molecule has 1 aliphatic carbocycles. The molecule has 1 aromatic carbocycles. The first-order valence-corrected chi connectivity index (χ1v) is 7.25. The Morgan fingerprint density at radius 1 is 1.16 bits per heavy atom. The molecule has 0 saturated heterocycles. The molecule has 1 aliphatic rings. The maximum Gasteiger partial charge on any atom is 0.293 e. The standard InChI is InChI=1S/C14H19ClN2O2/c15-12-9-6-10-13(17(18)19)14(12)16-11-7-4-2-1-3-5-8-11/h6,9-11,16H,1-5,7-8H2. The van der Waals surface area contributed by atoms with E-state index in [9.17, 15) is 10.1 Å². The Morgan fingerprint density at radius 3 is 2.42 bits per heavy atom. The number of benzene rings is 1. The van der Waals surface area contributed by atoms with Crippen LogP contribution in [0.3, 0.4) is 0 Å². The molecule has 1 N–H and O–H groups in total. The first-order valence-electron chi connectivity index (χ1n) is 6.88. The Hall–Kier alpha value is -1.29. The normalized spacial score (nSPS) is 17.5. The van der Waals surface area contributed by atoms with Crippen molar-refractivity contribution in [1.29, 1.82) is 0 Å². The maximum atomic E-state index is 11.0. The molecule has 0 heterocycles. The van der Waals surface area contributed by atoms with Gasteiger partial charge in [-0.05, 0) is 18.9 Å². The molecule has 0 amide bonds. The number of para-hydroxylation sites is 1. The summed E-state index contributed by atoms with van der Waals surface area (Å²) < 4.78 is 0. The summed E-state index contributed by atoms with van der Waals surface area (Å²) in [6.07, 6.45) is 8.28. The van der Waals surface area contributed by atoms with Crippen LogP contribution in [0.5, 0.6) is 0 Å². The highest BCUT2D eigenvalue weighted by molar-refractivity contribution is 6.33. The van der Waals surface area contributed by atoms with Crippen molar-refractivity contribution in [2.75, 3.05) is 5.32 Å². The fraction of sp³-hybridized carbons (Fsp3) is 0.571. The monoisotopic (exact) mass is 282 g/mol. The average Bonchev–Trinajstić information content (AvgIpc) is 2.34. The predicted molar refractivity (Wildman–Crippen MR) is 77.8 cm³/mol. The number of nitro groups is 1. The van der Waals surface area contributed by atoms with Crippen LogP contribution in [0.4, 0.5) is 11.4 Å². The van der Waals surface area contributed by atoms with Gasteiger partial charge in [-0.15, -0.1) is 0 Å². The lowest BCUT2D eigenvalue weighted by Gasteiger charge is -2.22. The Labute approximate surface area is 118 Å². The van der Waals surface area contributed by atoms with E-state index in [1.807, 2.05) is 0 Å². The second kappa shape index (κ2) is 6.75. The van der Waals surface area contributed by atoms with Gasteiger partial charge in [-0.25, -0.2) is 0 Å². The molecule has 1 fully saturated rings. The van der Waals surface area contributed by atoms with Gasteiger partial charge >= 0.3 is 0 Å². The second-order valence-electron chi connectivity index (χ2n) is 5.08. The van der Waals surface area contributed by atoms with Crippen molar-refractivity contribution in [3.8, 4) is 0 Å². The minimum atomic E-state index is -0.378. The first-order chi connectivity index (χ1) is 9.18. The summed E-state index contributed by atoms with van der Waals surface area (Å²) >= 11 is 6.10. The molecule has 0 bridgehead atoms. The Bertz CT molecular complexity index is 443. The van der Waals surface area contributed by atoms with Crippen molar-refractivity contribution >= 4 is 23.0 Å². The van der Waals surface area contributed by atoms with Crippen molar-refractivity contribution in [2.45, 2.75) is 51.0 Å². The Kier molecular flexibility index (Phi) is 5.02. The molecule has 1 aromatic rings. The molecule has 1 saturated carbocycles. The average molecular weight is 283 g/mol. The number of nitrogens with one attached hydrogen (secondary N) is 1. The zero-order valence-corrected chi connectivity index (χ0v) is 11.7. The van der Waals surface area contributed by atoms with Crippen LogP contribution in [0.25, 0.3) is 0 Å². The van der Waals surface area contributed by atoms with Crippen molar-refractivity contribution < 1.29 is 4.92 Å². The summed E-state index contributed by atoms with van der Waals surface area (Å²) in [7, 11) is 0. The lowest BCUT2D eigenvalue weighted by molar-refractivity contribution is -0.384. The first kappa shape index (κ1) is 14.1. The highest BCUT2D eigenvalue weighted by Gasteiger charge is 2.20. The van der Waals surface area contributed by atoms with E-state index in [0.29, 0.717) is 16.8 Å². The SMILES string of the molecule is O=[N+]([O-])c1cccc(Cl)c1NC1CCCCCCC1. The Morgan fingerprint density at radius 2 is 1.79 bits per heavy atom. The minimum Gasteiger partial charge on any atom is -0.376 e. The molecule has 0 atom stereocenters. The van der Waals surface area contributed by atoms with E-state index in [0.717, 1.165) is 12.8 Å². The van der Waals surface area contributed by atoms with E-state index in [1.54, 1.807) is 12.1 Å². The van der Waals surface area contributed by atoms with Crippen LogP contribution in [0.15, 0.2) is 18.2 Å². The molecular weight excluding hydrogens is 264 g/mol. The largest absolute Gasteiger partial charge is 0.376 e. The Balaban J connectivity index is 2.14. The molecular formula is C14H19ClN2O2. The van der Waals surface area contributed by atoms with Gasteiger partial charge in [0.25, 0.3) is 5.69 Å². The van der Waals surface area contributed by atoms with Crippen LogP contribution >= 0.6 is 11.6 Å². The zero-order chi connectivity index (χ0) is 13.7. The van der Waals surface area contributed by atoms with Gasteiger partial charge in [0.2, 0.25) is 0 Å². The molecule has 4 nitrogen and oxygen atoms in total. The highest BCUT2D eigenvalue weighted by atomic mass is 35.5. The van der Waals surface area contributed by atoms with Gasteiger partial charge in [0, 0.05) is 12.1 Å². The topological polar surface area (TPSA) is 55.2 Å². The molecule has 2 rings (SSSR count). The fourth-order valence-electron chi connectivity index (χ4n) is 2.61. The van der Waals surface area contributed by atoms with Crippen LogP contribution in [-0.4, -0.2) is 11.0 Å². The van der Waals surface area contributed by atoms with Crippen LogP contribution in [0.1, 0.15) is 44.9 Å². The molecule has 5 heteroatoms. The van der Waals surface area contributed by atoms with Gasteiger partial charge < -0.3 is 5.32 Å². The van der Waals surface area contributed by atoms with Gasteiger partial charge in [0.05, 0.1) is 9.95 Å². The van der Waals surface area contributed by atoms with Crippen molar-refractivity contribution in [3.63, 3.8) is 0 Å². The summed E-state index contributed by atoms with van der Waals surface area (Å²) in [5.41, 5.74) is 0.536. The third-order valence-electron chi connectivity index (χ3n) is 3.64. The molecule has 0 spiro atoms.